The maximum Gasteiger partial charge on any atom is 0.178 e. The van der Waals surface area contributed by atoms with Gasteiger partial charge in [-0.2, -0.15) is 0 Å². The van der Waals surface area contributed by atoms with Crippen LogP contribution in [0.4, 0.5) is 0 Å². The van der Waals surface area contributed by atoms with Crippen molar-refractivity contribution >= 4 is 0 Å². The van der Waals surface area contributed by atoms with Gasteiger partial charge in [-0.15, -0.1) is 0 Å². The Kier molecular flexibility index (Phi) is 9.69. The molecule has 0 fully saturated rings. The predicted molar refractivity (Wildman–Crippen MR) is 69.4 cm³/mol. The van der Waals surface area contributed by atoms with Crippen LogP contribution < -0.4 is 9.27 Å². The zero-order valence-corrected chi connectivity index (χ0v) is 11.3. The monoisotopic (exact) mass is 239 g/mol. The number of halogens is 1. The summed E-state index contributed by atoms with van der Waals surface area (Å²) < 4.78 is 2.35. The lowest BCUT2D eigenvalue weighted by molar-refractivity contribution is -0.703. The highest BCUT2D eigenvalue weighted by atomic mass is 19.0. The van der Waals surface area contributed by atoms with Gasteiger partial charge in [-0.25, -0.2) is 4.57 Å². The molecule has 0 atom stereocenters. The maximum atomic E-state index is 2.35. The van der Waals surface area contributed by atoms with Crippen LogP contribution >= 0.6 is 0 Å². The summed E-state index contributed by atoms with van der Waals surface area (Å²) in [6, 6.07) is 6.41. The van der Waals surface area contributed by atoms with E-state index in [4.69, 9.17) is 0 Å². The number of nitrogens with zero attached hydrogens (tertiary/aromatic N) is 1. The molecule has 0 unspecified atom stereocenters. The molecule has 1 nitrogen and oxygen atoms in total. The summed E-state index contributed by atoms with van der Waals surface area (Å²) in [5.74, 6) is 0. The van der Waals surface area contributed by atoms with Crippen LogP contribution in [0.3, 0.4) is 0 Å². The number of pyridine rings is 1. The third-order valence-corrected chi connectivity index (χ3v) is 3.17. The fraction of sp³-hybridized carbons (Fsp3) is 0.667. The van der Waals surface area contributed by atoms with E-state index in [-0.39, 0.29) is 4.70 Å². The Morgan fingerprint density at radius 1 is 0.941 bits per heavy atom. The highest BCUT2D eigenvalue weighted by Crippen LogP contribution is 2.06. The van der Waals surface area contributed by atoms with E-state index in [1.807, 2.05) is 0 Å². The van der Waals surface area contributed by atoms with Crippen LogP contribution in [0.15, 0.2) is 24.4 Å². The first-order valence-electron chi connectivity index (χ1n) is 6.79. The maximum absolute atomic E-state index is 2.35. The third kappa shape index (κ3) is 7.09. The minimum absolute atomic E-state index is 0. The Morgan fingerprint density at radius 2 is 1.59 bits per heavy atom. The van der Waals surface area contributed by atoms with Gasteiger partial charge in [0.05, 0.1) is 0 Å². The summed E-state index contributed by atoms with van der Waals surface area (Å²) in [5, 5.41) is 0. The zero-order valence-electron chi connectivity index (χ0n) is 11.3. The summed E-state index contributed by atoms with van der Waals surface area (Å²) >= 11 is 0. The smallest absolute Gasteiger partial charge is 0.178 e. The molecule has 0 saturated heterocycles. The molecule has 0 saturated carbocycles. The van der Waals surface area contributed by atoms with Gasteiger partial charge in [0.2, 0.25) is 0 Å². The van der Waals surface area contributed by atoms with E-state index in [0.717, 1.165) is 0 Å². The minimum Gasteiger partial charge on any atom is -1.00 e. The summed E-state index contributed by atoms with van der Waals surface area (Å²) in [4.78, 5) is 0. The first kappa shape index (κ1) is 16.1. The molecule has 0 aliphatic carbocycles. The quantitative estimate of drug-likeness (QED) is 0.471. The number of unbranched alkanes of at least 4 members (excludes halogenated alkanes) is 6. The summed E-state index contributed by atoms with van der Waals surface area (Å²) in [7, 11) is 0. The van der Waals surface area contributed by atoms with Crippen LogP contribution in [0.2, 0.25) is 0 Å². The molecule has 0 aromatic carbocycles. The second-order valence-electron chi connectivity index (χ2n) is 4.66. The van der Waals surface area contributed by atoms with Crippen molar-refractivity contribution in [1.29, 1.82) is 0 Å². The van der Waals surface area contributed by atoms with Gasteiger partial charge < -0.3 is 4.70 Å². The van der Waals surface area contributed by atoms with Gasteiger partial charge in [-0.05, 0) is 6.42 Å². The standard InChI is InChI=1S/C15H26N.FH/c1-3-4-5-6-7-8-10-13-16-14-11-9-12-15(16)2;/h9,11-12,14H,3-8,10,13H2,1-2H3;1H/q+1;/p-1. The van der Waals surface area contributed by atoms with Gasteiger partial charge in [0.25, 0.3) is 0 Å². The topological polar surface area (TPSA) is 3.88 Å². The van der Waals surface area contributed by atoms with Gasteiger partial charge in [-0.1, -0.05) is 45.1 Å². The highest BCUT2D eigenvalue weighted by molar-refractivity contribution is 4.93. The molecule has 17 heavy (non-hydrogen) atoms. The number of aromatic nitrogens is 1. The Morgan fingerprint density at radius 3 is 2.24 bits per heavy atom. The molecule has 0 N–H and O–H groups in total. The normalized spacial score (nSPS) is 10.0. The van der Waals surface area contributed by atoms with Crippen LogP contribution in [-0.4, -0.2) is 0 Å². The van der Waals surface area contributed by atoms with Crippen molar-refractivity contribution in [2.45, 2.75) is 65.3 Å². The fourth-order valence-electron chi connectivity index (χ4n) is 2.05. The number of aryl methyl sites for hydroxylation is 2. The summed E-state index contributed by atoms with van der Waals surface area (Å²) in [6.07, 6.45) is 11.9. The first-order valence-corrected chi connectivity index (χ1v) is 6.79. The minimum atomic E-state index is 0. The average Bonchev–Trinajstić information content (AvgIpc) is 2.30. The molecule has 1 rings (SSSR count). The van der Waals surface area contributed by atoms with Gasteiger partial charge >= 0.3 is 0 Å². The van der Waals surface area contributed by atoms with Crippen molar-refractivity contribution in [2.24, 2.45) is 0 Å². The van der Waals surface area contributed by atoms with E-state index in [1.165, 1.54) is 57.2 Å². The van der Waals surface area contributed by atoms with Crippen molar-refractivity contribution in [3.05, 3.63) is 30.1 Å². The van der Waals surface area contributed by atoms with Gasteiger partial charge in [0.1, 0.15) is 6.54 Å². The zero-order chi connectivity index (χ0) is 11.6. The molecular weight excluding hydrogens is 213 g/mol. The Balaban J connectivity index is 0.00000256. The van der Waals surface area contributed by atoms with E-state index in [9.17, 15) is 0 Å². The molecule has 0 aliphatic rings. The highest BCUT2D eigenvalue weighted by Gasteiger charge is 2.02. The van der Waals surface area contributed by atoms with Crippen LogP contribution in [0.1, 0.15) is 57.6 Å². The van der Waals surface area contributed by atoms with Crippen LogP contribution in [-0.2, 0) is 6.54 Å². The van der Waals surface area contributed by atoms with Crippen molar-refractivity contribution in [1.82, 2.24) is 0 Å². The lowest BCUT2D eigenvalue weighted by Crippen LogP contribution is -3.00. The summed E-state index contributed by atoms with van der Waals surface area (Å²) in [5.41, 5.74) is 1.37. The number of hydrogen-bond donors (Lipinski definition) is 0. The van der Waals surface area contributed by atoms with Crippen LogP contribution in [0.5, 0.6) is 0 Å². The predicted octanol–water partition coefficient (Wildman–Crippen LogP) is 1.04. The molecule has 0 spiro atoms. The van der Waals surface area contributed by atoms with E-state index >= 15 is 0 Å². The molecule has 1 aromatic heterocycles. The number of rotatable bonds is 8. The van der Waals surface area contributed by atoms with E-state index in [2.05, 4.69) is 42.8 Å². The molecule has 0 radical (unpaired) electrons. The molecule has 0 bridgehead atoms. The lowest BCUT2D eigenvalue weighted by Gasteiger charge is -2.01. The Labute approximate surface area is 105 Å². The van der Waals surface area contributed by atoms with Crippen molar-refractivity contribution in [3.8, 4) is 0 Å². The Bertz CT molecular complexity index is 286. The van der Waals surface area contributed by atoms with Crippen molar-refractivity contribution in [3.63, 3.8) is 0 Å². The molecule has 98 valence electrons. The summed E-state index contributed by atoms with van der Waals surface area (Å²) in [6.45, 7) is 5.64. The second-order valence-corrected chi connectivity index (χ2v) is 4.66. The van der Waals surface area contributed by atoms with E-state index < -0.39 is 0 Å². The van der Waals surface area contributed by atoms with Gasteiger partial charge in [-0.3, -0.25) is 0 Å². The van der Waals surface area contributed by atoms with E-state index in [1.54, 1.807) is 0 Å². The molecule has 2 heteroatoms. The molecule has 0 aliphatic heterocycles. The number of hydrogen-bond acceptors (Lipinski definition) is 0. The fourth-order valence-corrected chi connectivity index (χ4v) is 2.05. The average molecular weight is 239 g/mol. The van der Waals surface area contributed by atoms with Gasteiger partial charge in [0, 0.05) is 25.5 Å². The lowest BCUT2D eigenvalue weighted by atomic mass is 10.1. The molecule has 1 aromatic rings. The van der Waals surface area contributed by atoms with Gasteiger partial charge in [0.15, 0.2) is 11.9 Å². The second kappa shape index (κ2) is 10.2. The largest absolute Gasteiger partial charge is 1.00 e. The Hall–Kier alpha value is -0.920. The molecule has 1 heterocycles. The van der Waals surface area contributed by atoms with Crippen LogP contribution in [0.25, 0.3) is 0 Å². The van der Waals surface area contributed by atoms with E-state index in [0.29, 0.717) is 0 Å². The first-order chi connectivity index (χ1) is 7.84. The molecule has 0 amide bonds. The van der Waals surface area contributed by atoms with Crippen LogP contribution in [0, 0.1) is 6.92 Å². The molecular formula is C15H26FN. The SMILES string of the molecule is CCCCCCCCC[n+]1ccccc1C.[F-]. The van der Waals surface area contributed by atoms with Crippen molar-refractivity contribution < 1.29 is 9.27 Å². The van der Waals surface area contributed by atoms with Crippen molar-refractivity contribution in [2.75, 3.05) is 0 Å². The third-order valence-electron chi connectivity index (χ3n) is 3.17.